The van der Waals surface area contributed by atoms with E-state index in [9.17, 15) is 8.42 Å². The summed E-state index contributed by atoms with van der Waals surface area (Å²) >= 11 is 0. The van der Waals surface area contributed by atoms with E-state index >= 15 is 0 Å². The molecule has 0 aliphatic carbocycles. The first-order chi connectivity index (χ1) is 9.45. The first-order valence-electron chi connectivity index (χ1n) is 7.25. The number of benzene rings is 1. The van der Waals surface area contributed by atoms with Gasteiger partial charge in [-0.05, 0) is 49.3 Å². The second-order valence-corrected chi connectivity index (χ2v) is 7.65. The van der Waals surface area contributed by atoms with Gasteiger partial charge in [-0.2, -0.15) is 4.31 Å². The minimum Gasteiger partial charge on any atom is -0.326 e. The summed E-state index contributed by atoms with van der Waals surface area (Å²) in [6, 6.07) is 5.45. The number of rotatable bonds is 3. The fourth-order valence-electron chi connectivity index (χ4n) is 2.67. The predicted octanol–water partition coefficient (Wildman–Crippen LogP) is 2.26. The number of sulfonamides is 1. The average molecular weight is 296 g/mol. The summed E-state index contributed by atoms with van der Waals surface area (Å²) in [6.45, 7) is 5.64. The molecule has 1 atom stereocenters. The van der Waals surface area contributed by atoms with Gasteiger partial charge in [0.05, 0.1) is 4.90 Å². The molecule has 1 fully saturated rings. The lowest BCUT2D eigenvalue weighted by Gasteiger charge is -2.21. The second kappa shape index (κ2) is 6.24. The van der Waals surface area contributed by atoms with Gasteiger partial charge in [-0.25, -0.2) is 8.42 Å². The van der Waals surface area contributed by atoms with Crippen molar-refractivity contribution in [1.29, 1.82) is 0 Å². The van der Waals surface area contributed by atoms with Crippen molar-refractivity contribution in [1.82, 2.24) is 4.31 Å². The normalized spacial score (nSPS) is 21.6. The van der Waals surface area contributed by atoms with Gasteiger partial charge in [0.1, 0.15) is 0 Å². The van der Waals surface area contributed by atoms with Crippen LogP contribution in [0.3, 0.4) is 0 Å². The number of nitrogens with two attached hydrogens (primary N) is 1. The zero-order chi connectivity index (χ0) is 14.8. The monoisotopic (exact) mass is 296 g/mol. The van der Waals surface area contributed by atoms with E-state index in [1.54, 1.807) is 10.4 Å². The van der Waals surface area contributed by atoms with Crippen LogP contribution in [0.15, 0.2) is 23.1 Å². The zero-order valence-corrected chi connectivity index (χ0v) is 13.1. The fraction of sp³-hybridized carbons (Fsp3) is 0.600. The van der Waals surface area contributed by atoms with Crippen LogP contribution >= 0.6 is 0 Å². The van der Waals surface area contributed by atoms with Crippen molar-refractivity contribution in [2.24, 2.45) is 11.7 Å². The molecule has 2 rings (SSSR count). The first kappa shape index (κ1) is 15.5. The van der Waals surface area contributed by atoms with Crippen molar-refractivity contribution < 1.29 is 8.42 Å². The molecule has 1 saturated heterocycles. The van der Waals surface area contributed by atoms with Crippen molar-refractivity contribution in [3.05, 3.63) is 29.3 Å². The van der Waals surface area contributed by atoms with Crippen LogP contribution in [-0.2, 0) is 16.6 Å². The molecular weight excluding hydrogens is 272 g/mol. The van der Waals surface area contributed by atoms with Gasteiger partial charge in [-0.3, -0.25) is 0 Å². The van der Waals surface area contributed by atoms with Crippen LogP contribution in [-0.4, -0.2) is 25.8 Å². The molecule has 4 nitrogen and oxygen atoms in total. The van der Waals surface area contributed by atoms with Crippen molar-refractivity contribution in [2.75, 3.05) is 13.1 Å². The maximum absolute atomic E-state index is 12.8. The summed E-state index contributed by atoms with van der Waals surface area (Å²) in [6.07, 6.45) is 2.98. The van der Waals surface area contributed by atoms with Gasteiger partial charge in [0.15, 0.2) is 0 Å². The van der Waals surface area contributed by atoms with Gasteiger partial charge in [0.2, 0.25) is 10.0 Å². The van der Waals surface area contributed by atoms with E-state index in [0.29, 0.717) is 30.4 Å². The highest BCUT2D eigenvalue weighted by atomic mass is 32.2. The van der Waals surface area contributed by atoms with Crippen LogP contribution in [0.2, 0.25) is 0 Å². The lowest BCUT2D eigenvalue weighted by Crippen LogP contribution is -2.32. The average Bonchev–Trinajstić information content (AvgIpc) is 2.64. The maximum atomic E-state index is 12.8. The standard InChI is InChI=1S/C15H24N2O2S/c1-12-4-3-8-17(9-7-12)20(18,19)15-10-14(11-16)6-5-13(15)2/h5-6,10,12H,3-4,7-9,11,16H2,1-2H3. The van der Waals surface area contributed by atoms with Crippen molar-refractivity contribution in [3.8, 4) is 0 Å². The Kier molecular flexibility index (Phi) is 4.83. The smallest absolute Gasteiger partial charge is 0.243 e. The van der Waals surface area contributed by atoms with E-state index in [1.165, 1.54) is 0 Å². The van der Waals surface area contributed by atoms with E-state index in [4.69, 9.17) is 5.73 Å². The Bertz CT molecular complexity index is 569. The Morgan fingerprint density at radius 1 is 1.30 bits per heavy atom. The molecule has 0 amide bonds. The minimum absolute atomic E-state index is 0.361. The highest BCUT2D eigenvalue weighted by molar-refractivity contribution is 7.89. The Hall–Kier alpha value is -0.910. The molecule has 112 valence electrons. The van der Waals surface area contributed by atoms with Gasteiger partial charge in [-0.15, -0.1) is 0 Å². The summed E-state index contributed by atoms with van der Waals surface area (Å²) in [4.78, 5) is 0.412. The van der Waals surface area contributed by atoms with Gasteiger partial charge in [0.25, 0.3) is 0 Å². The molecule has 0 radical (unpaired) electrons. The first-order valence-corrected chi connectivity index (χ1v) is 8.69. The van der Waals surface area contributed by atoms with E-state index in [0.717, 1.165) is 30.4 Å². The maximum Gasteiger partial charge on any atom is 0.243 e. The van der Waals surface area contributed by atoms with Gasteiger partial charge in [-0.1, -0.05) is 19.1 Å². The summed E-state index contributed by atoms with van der Waals surface area (Å²) in [7, 11) is -3.39. The Morgan fingerprint density at radius 2 is 2.05 bits per heavy atom. The van der Waals surface area contributed by atoms with Gasteiger partial charge < -0.3 is 5.73 Å². The van der Waals surface area contributed by atoms with E-state index < -0.39 is 10.0 Å². The SMILES string of the molecule is Cc1ccc(CN)cc1S(=O)(=O)N1CCCC(C)CC1. The Balaban J connectivity index is 2.34. The third-order valence-corrected chi connectivity index (χ3v) is 6.12. The largest absolute Gasteiger partial charge is 0.326 e. The molecule has 0 spiro atoms. The second-order valence-electron chi connectivity index (χ2n) is 5.74. The highest BCUT2D eigenvalue weighted by Gasteiger charge is 2.27. The third-order valence-electron chi connectivity index (χ3n) is 4.08. The Morgan fingerprint density at radius 3 is 2.75 bits per heavy atom. The zero-order valence-electron chi connectivity index (χ0n) is 12.3. The highest BCUT2D eigenvalue weighted by Crippen LogP contribution is 2.25. The van der Waals surface area contributed by atoms with Gasteiger partial charge >= 0.3 is 0 Å². The van der Waals surface area contributed by atoms with Gasteiger partial charge in [0, 0.05) is 19.6 Å². The molecule has 1 unspecified atom stereocenters. The van der Waals surface area contributed by atoms with Crippen molar-refractivity contribution in [2.45, 2.75) is 44.6 Å². The fourth-order valence-corrected chi connectivity index (χ4v) is 4.43. The topological polar surface area (TPSA) is 63.4 Å². The van der Waals surface area contributed by atoms with Crippen LogP contribution in [0.25, 0.3) is 0 Å². The third kappa shape index (κ3) is 3.22. The van der Waals surface area contributed by atoms with E-state index in [2.05, 4.69) is 6.92 Å². The lowest BCUT2D eigenvalue weighted by atomic mass is 10.0. The molecule has 1 aromatic rings. The van der Waals surface area contributed by atoms with Crippen molar-refractivity contribution in [3.63, 3.8) is 0 Å². The molecule has 0 aromatic heterocycles. The molecule has 20 heavy (non-hydrogen) atoms. The molecule has 0 saturated carbocycles. The summed E-state index contributed by atoms with van der Waals surface area (Å²) in [5.74, 6) is 0.603. The molecule has 5 heteroatoms. The predicted molar refractivity (Wildman–Crippen MR) is 80.8 cm³/mol. The number of aryl methyl sites for hydroxylation is 1. The number of hydrogen-bond donors (Lipinski definition) is 1. The summed E-state index contributed by atoms with van der Waals surface area (Å²) in [5.41, 5.74) is 7.28. The van der Waals surface area contributed by atoms with Crippen LogP contribution in [0.4, 0.5) is 0 Å². The summed E-state index contributed by atoms with van der Waals surface area (Å²) < 4.78 is 27.3. The molecule has 1 aliphatic heterocycles. The number of hydrogen-bond acceptors (Lipinski definition) is 3. The molecule has 0 bridgehead atoms. The molecular formula is C15H24N2O2S. The van der Waals surface area contributed by atoms with Crippen LogP contribution < -0.4 is 5.73 Å². The van der Waals surface area contributed by atoms with Crippen LogP contribution in [0.1, 0.15) is 37.3 Å². The van der Waals surface area contributed by atoms with Crippen LogP contribution in [0, 0.1) is 12.8 Å². The molecule has 1 aliphatic rings. The van der Waals surface area contributed by atoms with Crippen LogP contribution in [0.5, 0.6) is 0 Å². The number of nitrogens with zero attached hydrogens (tertiary/aromatic N) is 1. The quantitative estimate of drug-likeness (QED) is 0.930. The Labute approximate surface area is 122 Å². The van der Waals surface area contributed by atoms with E-state index in [-0.39, 0.29) is 0 Å². The van der Waals surface area contributed by atoms with E-state index in [1.807, 2.05) is 19.1 Å². The summed E-state index contributed by atoms with van der Waals surface area (Å²) in [5, 5.41) is 0. The minimum atomic E-state index is -3.39. The molecule has 2 N–H and O–H groups in total. The lowest BCUT2D eigenvalue weighted by molar-refractivity contribution is 0.416. The molecule has 1 aromatic carbocycles. The molecule has 1 heterocycles. The van der Waals surface area contributed by atoms with Crippen molar-refractivity contribution >= 4 is 10.0 Å².